The first-order valence-electron chi connectivity index (χ1n) is 5.07. The number of rotatable bonds is 7. The van der Waals surface area contributed by atoms with Crippen molar-refractivity contribution in [1.29, 1.82) is 0 Å². The minimum absolute atomic E-state index is 0. The summed E-state index contributed by atoms with van der Waals surface area (Å²) in [5.74, 6) is 0. The lowest BCUT2D eigenvalue weighted by atomic mass is 10.3. The topological polar surface area (TPSA) is 39.1 Å². The van der Waals surface area contributed by atoms with Gasteiger partial charge in [-0.1, -0.05) is 0 Å². The van der Waals surface area contributed by atoms with Crippen molar-refractivity contribution in [1.82, 2.24) is 15.1 Å². The van der Waals surface area contributed by atoms with Gasteiger partial charge < -0.3 is 10.1 Å². The average Bonchev–Trinajstić information content (AvgIpc) is 2.65. The predicted molar refractivity (Wildman–Crippen MR) is 63.3 cm³/mol. The van der Waals surface area contributed by atoms with Gasteiger partial charge in [-0.2, -0.15) is 5.10 Å². The third-order valence-corrected chi connectivity index (χ3v) is 2.04. The standard InChI is InChI=1S/C10H19N3O.ClH/c1-3-13-9-10(8-12-13)7-11-5-4-6-14-2;/h8-9,11H,3-7H2,1-2H3;1H. The molecule has 0 saturated carbocycles. The van der Waals surface area contributed by atoms with Gasteiger partial charge in [0.25, 0.3) is 0 Å². The molecule has 0 aromatic carbocycles. The van der Waals surface area contributed by atoms with E-state index in [0.29, 0.717) is 0 Å². The Balaban J connectivity index is 0.00000196. The van der Waals surface area contributed by atoms with E-state index in [1.54, 1.807) is 7.11 Å². The minimum atomic E-state index is 0. The van der Waals surface area contributed by atoms with Crippen LogP contribution in [0.15, 0.2) is 12.4 Å². The molecular weight excluding hydrogens is 214 g/mol. The van der Waals surface area contributed by atoms with Gasteiger partial charge in [0, 0.05) is 38.6 Å². The van der Waals surface area contributed by atoms with Crippen LogP contribution in [0.3, 0.4) is 0 Å². The number of aryl methyl sites for hydroxylation is 1. The molecule has 1 aromatic heterocycles. The Bertz CT molecular complexity index is 253. The number of ether oxygens (including phenoxy) is 1. The van der Waals surface area contributed by atoms with E-state index in [0.717, 1.165) is 32.7 Å². The first kappa shape index (κ1) is 14.4. The summed E-state index contributed by atoms with van der Waals surface area (Å²) in [7, 11) is 1.73. The van der Waals surface area contributed by atoms with Crippen molar-refractivity contribution < 1.29 is 4.74 Å². The van der Waals surface area contributed by atoms with Gasteiger partial charge in [-0.25, -0.2) is 0 Å². The second-order valence-electron chi connectivity index (χ2n) is 3.23. The summed E-state index contributed by atoms with van der Waals surface area (Å²) >= 11 is 0. The molecule has 0 radical (unpaired) electrons. The molecule has 0 fully saturated rings. The molecule has 1 heterocycles. The molecule has 0 atom stereocenters. The summed E-state index contributed by atoms with van der Waals surface area (Å²) in [6, 6.07) is 0. The number of hydrogen-bond donors (Lipinski definition) is 1. The van der Waals surface area contributed by atoms with Gasteiger partial charge >= 0.3 is 0 Å². The van der Waals surface area contributed by atoms with Crippen LogP contribution >= 0.6 is 12.4 Å². The molecule has 1 rings (SSSR count). The third-order valence-electron chi connectivity index (χ3n) is 2.04. The molecule has 5 heteroatoms. The van der Waals surface area contributed by atoms with E-state index < -0.39 is 0 Å². The van der Waals surface area contributed by atoms with Gasteiger partial charge in [0.1, 0.15) is 0 Å². The van der Waals surface area contributed by atoms with Gasteiger partial charge in [0.2, 0.25) is 0 Å². The molecular formula is C10H20ClN3O. The highest BCUT2D eigenvalue weighted by Crippen LogP contribution is 1.96. The fourth-order valence-corrected chi connectivity index (χ4v) is 1.24. The van der Waals surface area contributed by atoms with Crippen LogP contribution in [-0.4, -0.2) is 30.0 Å². The van der Waals surface area contributed by atoms with Crippen LogP contribution in [0, 0.1) is 0 Å². The smallest absolute Gasteiger partial charge is 0.0534 e. The molecule has 0 bridgehead atoms. The number of halogens is 1. The van der Waals surface area contributed by atoms with E-state index in [1.165, 1.54) is 5.56 Å². The highest BCUT2D eigenvalue weighted by molar-refractivity contribution is 5.85. The Morgan fingerprint density at radius 2 is 2.33 bits per heavy atom. The lowest BCUT2D eigenvalue weighted by Gasteiger charge is -2.01. The lowest BCUT2D eigenvalue weighted by Crippen LogP contribution is -2.15. The van der Waals surface area contributed by atoms with Crippen molar-refractivity contribution in [2.45, 2.75) is 26.4 Å². The third kappa shape index (κ3) is 5.77. The Morgan fingerprint density at radius 3 is 2.93 bits per heavy atom. The van der Waals surface area contributed by atoms with Crippen molar-refractivity contribution >= 4 is 12.4 Å². The minimum Gasteiger partial charge on any atom is -0.385 e. The number of hydrogen-bond acceptors (Lipinski definition) is 3. The summed E-state index contributed by atoms with van der Waals surface area (Å²) in [6.45, 7) is 5.72. The van der Waals surface area contributed by atoms with Gasteiger partial charge in [-0.3, -0.25) is 4.68 Å². The Labute approximate surface area is 97.4 Å². The Hall–Kier alpha value is -0.580. The van der Waals surface area contributed by atoms with Crippen molar-refractivity contribution in [3.05, 3.63) is 18.0 Å². The van der Waals surface area contributed by atoms with Crippen molar-refractivity contribution in [2.24, 2.45) is 0 Å². The quantitative estimate of drug-likeness (QED) is 0.725. The molecule has 0 unspecified atom stereocenters. The largest absolute Gasteiger partial charge is 0.385 e. The van der Waals surface area contributed by atoms with Crippen LogP contribution in [-0.2, 0) is 17.8 Å². The van der Waals surface area contributed by atoms with Crippen LogP contribution in [0.4, 0.5) is 0 Å². The summed E-state index contributed by atoms with van der Waals surface area (Å²) in [5.41, 5.74) is 1.24. The molecule has 88 valence electrons. The molecule has 1 aromatic rings. The van der Waals surface area contributed by atoms with Crippen LogP contribution in [0.2, 0.25) is 0 Å². The number of aromatic nitrogens is 2. The number of methoxy groups -OCH3 is 1. The van der Waals surface area contributed by atoms with E-state index in [2.05, 4.69) is 23.5 Å². The fraction of sp³-hybridized carbons (Fsp3) is 0.700. The van der Waals surface area contributed by atoms with Gasteiger partial charge in [-0.05, 0) is 19.9 Å². The maximum atomic E-state index is 4.96. The Kier molecular flexibility index (Phi) is 8.37. The maximum Gasteiger partial charge on any atom is 0.0534 e. The molecule has 0 saturated heterocycles. The molecule has 0 aliphatic rings. The zero-order valence-electron chi connectivity index (χ0n) is 9.40. The van der Waals surface area contributed by atoms with Gasteiger partial charge in [0.05, 0.1) is 6.20 Å². The SMILES string of the molecule is CCn1cc(CNCCCOC)cn1.Cl. The summed E-state index contributed by atoms with van der Waals surface area (Å²) in [5, 5.41) is 7.54. The molecule has 0 aliphatic heterocycles. The maximum absolute atomic E-state index is 4.96. The molecule has 0 aliphatic carbocycles. The van der Waals surface area contributed by atoms with Crippen LogP contribution in [0.25, 0.3) is 0 Å². The average molecular weight is 234 g/mol. The highest BCUT2D eigenvalue weighted by Gasteiger charge is 1.95. The molecule has 0 amide bonds. The van der Waals surface area contributed by atoms with E-state index >= 15 is 0 Å². The lowest BCUT2D eigenvalue weighted by molar-refractivity contribution is 0.194. The summed E-state index contributed by atoms with van der Waals surface area (Å²) < 4.78 is 6.90. The molecule has 4 nitrogen and oxygen atoms in total. The molecule has 15 heavy (non-hydrogen) atoms. The fourth-order valence-electron chi connectivity index (χ4n) is 1.24. The van der Waals surface area contributed by atoms with Gasteiger partial charge in [0.15, 0.2) is 0 Å². The molecule has 0 spiro atoms. The van der Waals surface area contributed by atoms with Crippen LogP contribution in [0.1, 0.15) is 18.9 Å². The highest BCUT2D eigenvalue weighted by atomic mass is 35.5. The zero-order chi connectivity index (χ0) is 10.2. The number of nitrogens with one attached hydrogen (secondary N) is 1. The van der Waals surface area contributed by atoms with Crippen LogP contribution in [0.5, 0.6) is 0 Å². The number of nitrogens with zero attached hydrogens (tertiary/aromatic N) is 2. The van der Waals surface area contributed by atoms with Crippen molar-refractivity contribution in [3.63, 3.8) is 0 Å². The second kappa shape index (κ2) is 8.71. The van der Waals surface area contributed by atoms with Crippen molar-refractivity contribution in [3.8, 4) is 0 Å². The predicted octanol–water partition coefficient (Wildman–Crippen LogP) is 1.45. The normalized spacial score (nSPS) is 10.0. The van der Waals surface area contributed by atoms with E-state index in [-0.39, 0.29) is 12.4 Å². The van der Waals surface area contributed by atoms with Crippen LogP contribution < -0.4 is 5.32 Å². The monoisotopic (exact) mass is 233 g/mol. The van der Waals surface area contributed by atoms with E-state index in [4.69, 9.17) is 4.74 Å². The second-order valence-corrected chi connectivity index (χ2v) is 3.23. The van der Waals surface area contributed by atoms with Crippen molar-refractivity contribution in [2.75, 3.05) is 20.3 Å². The zero-order valence-corrected chi connectivity index (χ0v) is 10.2. The first-order chi connectivity index (χ1) is 6.86. The Morgan fingerprint density at radius 1 is 1.53 bits per heavy atom. The van der Waals surface area contributed by atoms with E-state index in [1.807, 2.05) is 10.9 Å². The summed E-state index contributed by atoms with van der Waals surface area (Å²) in [4.78, 5) is 0. The summed E-state index contributed by atoms with van der Waals surface area (Å²) in [6.07, 6.45) is 5.04. The van der Waals surface area contributed by atoms with Gasteiger partial charge in [-0.15, -0.1) is 12.4 Å². The first-order valence-corrected chi connectivity index (χ1v) is 5.07. The molecule has 1 N–H and O–H groups in total. The van der Waals surface area contributed by atoms with E-state index in [9.17, 15) is 0 Å².